The third-order valence-corrected chi connectivity index (χ3v) is 5.27. The number of carbonyl (C=O) groups excluding carboxylic acids is 4. The van der Waals surface area contributed by atoms with Crippen LogP contribution in [0, 0.1) is 0 Å². The predicted octanol–water partition coefficient (Wildman–Crippen LogP) is -1.34. The summed E-state index contributed by atoms with van der Waals surface area (Å²) in [5, 5.41) is 12.4. The van der Waals surface area contributed by atoms with Crippen LogP contribution in [-0.4, -0.2) is 127 Å². The molecule has 1 rings (SSSR count). The van der Waals surface area contributed by atoms with Crippen molar-refractivity contribution in [2.45, 2.75) is 39.7 Å². The largest absolute Gasteiger partial charge is 0.480 e. The van der Waals surface area contributed by atoms with E-state index in [2.05, 4.69) is 5.32 Å². The van der Waals surface area contributed by atoms with Gasteiger partial charge in [-0.3, -0.25) is 34.0 Å². The highest BCUT2D eigenvalue weighted by atomic mass is 17.2. The van der Waals surface area contributed by atoms with Crippen molar-refractivity contribution in [3.05, 3.63) is 0 Å². The van der Waals surface area contributed by atoms with Crippen LogP contribution in [0.2, 0.25) is 0 Å². The smallest absolute Gasteiger partial charge is 0.346 e. The van der Waals surface area contributed by atoms with Gasteiger partial charge >= 0.3 is 23.9 Å². The Balaban J connectivity index is 2.59. The molecule has 0 saturated carbocycles. The molecule has 1 fully saturated rings. The number of aliphatic carboxylic acids is 1. The van der Waals surface area contributed by atoms with Crippen molar-refractivity contribution in [3.63, 3.8) is 0 Å². The van der Waals surface area contributed by atoms with Crippen LogP contribution in [-0.2, 0) is 38.5 Å². The number of ketones is 1. The molecule has 1 saturated heterocycles. The number of carbonyl (C=O) groups is 5. The zero-order valence-electron chi connectivity index (χ0n) is 20.9. The van der Waals surface area contributed by atoms with Gasteiger partial charge in [-0.25, -0.2) is 14.4 Å². The molecule has 0 spiro atoms. The summed E-state index contributed by atoms with van der Waals surface area (Å²) in [6.07, 6.45) is 0.350. The molecule has 0 aliphatic carbocycles. The van der Waals surface area contributed by atoms with Crippen LogP contribution in [0.5, 0.6) is 0 Å². The molecule has 14 heteroatoms. The van der Waals surface area contributed by atoms with E-state index in [9.17, 15) is 29.1 Å². The van der Waals surface area contributed by atoms with Crippen molar-refractivity contribution in [2.75, 3.05) is 66.0 Å². The Bertz CT molecular complexity index is 736. The standard InChI is InChI=1S/C21H37N5O9/c1-5-24-12-11-23(4)14-19(29)34-26(35-20(30)15-24)33-18(28)13-22-9-10-25(6-2)17(21(31)32)8-7-16(3)27/h17,22H,5-15H2,1-4H3,(H,31,32). The fraction of sp³-hybridized carbons (Fsp3) is 0.762. The Morgan fingerprint density at radius 2 is 1.80 bits per heavy atom. The van der Waals surface area contributed by atoms with E-state index >= 15 is 0 Å². The number of carboxylic acid groups (broad SMARTS) is 1. The fourth-order valence-corrected chi connectivity index (χ4v) is 3.29. The summed E-state index contributed by atoms with van der Waals surface area (Å²) in [4.78, 5) is 78.9. The first-order chi connectivity index (χ1) is 16.5. The minimum Gasteiger partial charge on any atom is -0.480 e. The van der Waals surface area contributed by atoms with Gasteiger partial charge in [0.15, 0.2) is 0 Å². The average molecular weight is 504 g/mol. The maximum atomic E-state index is 12.2. The van der Waals surface area contributed by atoms with E-state index in [1.54, 1.807) is 28.7 Å². The maximum Gasteiger partial charge on any atom is 0.346 e. The molecule has 0 aromatic carbocycles. The number of rotatable bonds is 13. The molecule has 0 radical (unpaired) electrons. The summed E-state index contributed by atoms with van der Waals surface area (Å²) in [5.41, 5.74) is 0. The average Bonchev–Trinajstić information content (AvgIpc) is 2.78. The van der Waals surface area contributed by atoms with E-state index < -0.39 is 29.9 Å². The monoisotopic (exact) mass is 503 g/mol. The summed E-state index contributed by atoms with van der Waals surface area (Å²) in [5.74, 6) is -3.56. The molecular formula is C21H37N5O9. The second kappa shape index (κ2) is 16.1. The molecule has 0 aromatic rings. The molecule has 1 unspecified atom stereocenters. The highest BCUT2D eigenvalue weighted by Gasteiger charge is 2.27. The molecule has 1 atom stereocenters. The van der Waals surface area contributed by atoms with Gasteiger partial charge in [-0.15, -0.1) is 0 Å². The summed E-state index contributed by atoms with van der Waals surface area (Å²) >= 11 is 0. The fourth-order valence-electron chi connectivity index (χ4n) is 3.29. The molecule has 0 aromatic heterocycles. The zero-order valence-corrected chi connectivity index (χ0v) is 20.9. The molecule has 1 aliphatic heterocycles. The van der Waals surface area contributed by atoms with Crippen LogP contribution in [0.4, 0.5) is 0 Å². The summed E-state index contributed by atoms with van der Waals surface area (Å²) < 4.78 is 0. The third kappa shape index (κ3) is 12.6. The van der Waals surface area contributed by atoms with Crippen LogP contribution < -0.4 is 5.32 Å². The van der Waals surface area contributed by atoms with Crippen molar-refractivity contribution in [2.24, 2.45) is 0 Å². The molecule has 0 bridgehead atoms. The molecule has 0 amide bonds. The van der Waals surface area contributed by atoms with Gasteiger partial charge in [-0.2, -0.15) is 0 Å². The van der Waals surface area contributed by atoms with Gasteiger partial charge in [0.1, 0.15) is 11.8 Å². The Morgan fingerprint density at radius 3 is 2.37 bits per heavy atom. The van der Waals surface area contributed by atoms with Crippen LogP contribution in [0.1, 0.15) is 33.6 Å². The van der Waals surface area contributed by atoms with E-state index in [0.29, 0.717) is 32.7 Å². The van der Waals surface area contributed by atoms with Crippen molar-refractivity contribution in [3.8, 4) is 0 Å². The van der Waals surface area contributed by atoms with Crippen LogP contribution >= 0.6 is 0 Å². The minimum atomic E-state index is -1.02. The number of nitrogens with one attached hydrogen (secondary N) is 1. The first-order valence-electron chi connectivity index (χ1n) is 11.6. The number of carboxylic acids is 1. The Kier molecular flexibility index (Phi) is 14.0. The number of hydrogen-bond donors (Lipinski definition) is 2. The number of hydrogen-bond acceptors (Lipinski definition) is 13. The van der Waals surface area contributed by atoms with Gasteiger partial charge in [0, 0.05) is 32.6 Å². The van der Waals surface area contributed by atoms with Gasteiger partial charge in [0.05, 0.1) is 19.6 Å². The molecule has 2 N–H and O–H groups in total. The van der Waals surface area contributed by atoms with E-state index in [1.807, 2.05) is 6.92 Å². The topological polar surface area (TPSA) is 158 Å². The predicted molar refractivity (Wildman–Crippen MR) is 121 cm³/mol. The van der Waals surface area contributed by atoms with Crippen LogP contribution in [0.15, 0.2) is 0 Å². The van der Waals surface area contributed by atoms with E-state index in [-0.39, 0.29) is 50.2 Å². The molecule has 1 aliphatic rings. The van der Waals surface area contributed by atoms with Crippen molar-refractivity contribution in [1.82, 2.24) is 25.4 Å². The number of likely N-dealkylation sites (N-methyl/N-ethyl adjacent to an activating group) is 3. The van der Waals surface area contributed by atoms with Crippen molar-refractivity contribution in [1.29, 1.82) is 0 Å². The normalized spacial score (nSPS) is 17.9. The van der Waals surface area contributed by atoms with Gasteiger partial charge in [0.2, 0.25) is 5.39 Å². The lowest BCUT2D eigenvalue weighted by Gasteiger charge is -2.27. The van der Waals surface area contributed by atoms with Crippen molar-refractivity contribution < 1.29 is 43.6 Å². The first kappa shape index (κ1) is 30.4. The molecular weight excluding hydrogens is 466 g/mol. The second-order valence-electron chi connectivity index (χ2n) is 8.12. The number of nitrogens with zero attached hydrogens (tertiary/aromatic N) is 4. The summed E-state index contributed by atoms with van der Waals surface area (Å²) in [6, 6.07) is -0.824. The Hall–Kier alpha value is -2.65. The summed E-state index contributed by atoms with van der Waals surface area (Å²) in [7, 11) is 1.71. The van der Waals surface area contributed by atoms with Gasteiger partial charge in [-0.05, 0) is 33.5 Å². The highest BCUT2D eigenvalue weighted by molar-refractivity contribution is 5.78. The molecule has 14 nitrogen and oxygen atoms in total. The van der Waals surface area contributed by atoms with Gasteiger partial charge < -0.3 is 15.2 Å². The number of Topliss-reactive ketones (excluding diaryl/α,β-unsaturated/α-hetero) is 1. The lowest BCUT2D eigenvalue weighted by atomic mass is 10.1. The third-order valence-electron chi connectivity index (χ3n) is 5.27. The quantitative estimate of drug-likeness (QED) is 0.285. The van der Waals surface area contributed by atoms with E-state index in [0.717, 1.165) is 0 Å². The Labute approximate surface area is 204 Å². The maximum absolute atomic E-state index is 12.2. The van der Waals surface area contributed by atoms with Crippen LogP contribution in [0.3, 0.4) is 0 Å². The summed E-state index contributed by atoms with van der Waals surface area (Å²) in [6.45, 7) is 7.16. The lowest BCUT2D eigenvalue weighted by molar-refractivity contribution is -0.463. The SMILES string of the molecule is CCN1CCN(C)CC(=O)ON(OC(=O)CNCCN(CC)C(CCC(C)=O)C(=O)O)OC(=O)C1. The molecule has 200 valence electrons. The van der Waals surface area contributed by atoms with Gasteiger partial charge in [-0.1, -0.05) is 13.8 Å². The highest BCUT2D eigenvalue weighted by Crippen LogP contribution is 2.08. The van der Waals surface area contributed by atoms with E-state index in [4.69, 9.17) is 14.5 Å². The zero-order chi connectivity index (χ0) is 26.4. The Morgan fingerprint density at radius 1 is 1.14 bits per heavy atom. The second-order valence-corrected chi connectivity index (χ2v) is 8.12. The lowest BCUT2D eigenvalue weighted by Crippen LogP contribution is -2.45. The minimum absolute atomic E-state index is 0.0879. The van der Waals surface area contributed by atoms with Gasteiger partial charge in [0.25, 0.3) is 0 Å². The van der Waals surface area contributed by atoms with Crippen LogP contribution in [0.25, 0.3) is 0 Å². The van der Waals surface area contributed by atoms with E-state index in [1.165, 1.54) is 6.92 Å². The first-order valence-corrected chi connectivity index (χ1v) is 11.6. The van der Waals surface area contributed by atoms with Crippen molar-refractivity contribution >= 4 is 29.7 Å². The molecule has 35 heavy (non-hydrogen) atoms. The molecule has 1 heterocycles.